The molecule has 3 rings (SSSR count). The second kappa shape index (κ2) is 7.38. The number of likely N-dealkylation sites (tertiary alicyclic amines) is 1. The highest BCUT2D eigenvalue weighted by atomic mass is 32.2. The van der Waals surface area contributed by atoms with E-state index in [0.717, 1.165) is 11.4 Å². The van der Waals surface area contributed by atoms with Gasteiger partial charge in [-0.15, -0.1) is 0 Å². The summed E-state index contributed by atoms with van der Waals surface area (Å²) in [4.78, 5) is 22.8. The Hall–Kier alpha value is -1.90. The number of piperidine rings is 1. The summed E-state index contributed by atoms with van der Waals surface area (Å²) in [6.07, 6.45) is -0.639. The minimum atomic E-state index is -1.16. The number of furan rings is 1. The number of hydrogen-bond donors (Lipinski definition) is 2. The zero-order chi connectivity index (χ0) is 18.9. The van der Waals surface area contributed by atoms with Crippen molar-refractivity contribution >= 4 is 17.7 Å². The maximum Gasteiger partial charge on any atom is 0.289 e. The third-order valence-electron chi connectivity index (χ3n) is 4.46. The van der Waals surface area contributed by atoms with E-state index in [9.17, 15) is 15.0 Å². The summed E-state index contributed by atoms with van der Waals surface area (Å²) in [5, 5.41) is 20.7. The van der Waals surface area contributed by atoms with Gasteiger partial charge in [0.1, 0.15) is 5.76 Å². The van der Waals surface area contributed by atoms with E-state index in [0.29, 0.717) is 29.6 Å². The molecule has 26 heavy (non-hydrogen) atoms. The van der Waals surface area contributed by atoms with Gasteiger partial charge in [-0.05, 0) is 45.4 Å². The van der Waals surface area contributed by atoms with Gasteiger partial charge in [0.25, 0.3) is 5.91 Å². The van der Waals surface area contributed by atoms with E-state index in [1.54, 1.807) is 19.1 Å². The van der Waals surface area contributed by atoms with Crippen LogP contribution in [0.25, 0.3) is 0 Å². The van der Waals surface area contributed by atoms with E-state index in [1.807, 2.05) is 19.9 Å². The highest BCUT2D eigenvalue weighted by Crippen LogP contribution is 2.25. The van der Waals surface area contributed by atoms with Crippen molar-refractivity contribution < 1.29 is 19.4 Å². The van der Waals surface area contributed by atoms with Gasteiger partial charge in [-0.2, -0.15) is 0 Å². The van der Waals surface area contributed by atoms with Gasteiger partial charge < -0.3 is 19.5 Å². The van der Waals surface area contributed by atoms with Crippen LogP contribution in [0.2, 0.25) is 0 Å². The van der Waals surface area contributed by atoms with Crippen molar-refractivity contribution in [3.8, 4) is 0 Å². The zero-order valence-corrected chi connectivity index (χ0v) is 15.9. The predicted molar refractivity (Wildman–Crippen MR) is 96.9 cm³/mol. The fraction of sp³-hybridized carbons (Fsp3) is 0.500. The number of amides is 1. The van der Waals surface area contributed by atoms with Crippen LogP contribution in [0, 0.1) is 13.8 Å². The van der Waals surface area contributed by atoms with Crippen molar-refractivity contribution in [1.82, 2.24) is 14.9 Å². The largest absolute Gasteiger partial charge is 0.455 e. The first-order valence-corrected chi connectivity index (χ1v) is 9.47. The molecule has 7 nitrogen and oxygen atoms in total. The number of aryl methyl sites for hydroxylation is 2. The second-order valence-electron chi connectivity index (χ2n) is 6.86. The molecule has 1 saturated heterocycles. The molecule has 2 aromatic heterocycles. The van der Waals surface area contributed by atoms with E-state index >= 15 is 0 Å². The van der Waals surface area contributed by atoms with Gasteiger partial charge in [0.05, 0.1) is 17.5 Å². The van der Waals surface area contributed by atoms with Crippen LogP contribution >= 0.6 is 11.8 Å². The van der Waals surface area contributed by atoms with Crippen molar-refractivity contribution in [3.05, 3.63) is 41.1 Å². The lowest BCUT2D eigenvalue weighted by Gasteiger charge is -2.39. The molecule has 0 bridgehead atoms. The number of carbonyl (C=O) groups excluding carboxylic acids is 1. The molecule has 0 aromatic carbocycles. The van der Waals surface area contributed by atoms with E-state index in [2.05, 4.69) is 9.97 Å². The number of aliphatic hydroxyl groups is 2. The van der Waals surface area contributed by atoms with E-state index in [1.165, 1.54) is 16.7 Å². The average molecular weight is 377 g/mol. The van der Waals surface area contributed by atoms with E-state index in [4.69, 9.17) is 4.42 Å². The molecule has 2 aromatic rings. The molecule has 140 valence electrons. The summed E-state index contributed by atoms with van der Waals surface area (Å²) < 4.78 is 5.66. The van der Waals surface area contributed by atoms with Crippen molar-refractivity contribution in [2.75, 3.05) is 13.1 Å². The van der Waals surface area contributed by atoms with Crippen molar-refractivity contribution in [3.63, 3.8) is 0 Å². The monoisotopic (exact) mass is 377 g/mol. The molecular formula is C18H23N3O4S. The summed E-state index contributed by atoms with van der Waals surface area (Å²) in [5.74, 6) is 1.13. The topological polar surface area (TPSA) is 99.7 Å². The third kappa shape index (κ3) is 4.25. The number of rotatable bonds is 4. The number of thioether (sulfide) groups is 1. The maximum atomic E-state index is 12.5. The average Bonchev–Trinajstić information content (AvgIpc) is 3.03. The molecule has 1 amide bonds. The molecule has 2 atom stereocenters. The molecule has 0 radical (unpaired) electrons. The summed E-state index contributed by atoms with van der Waals surface area (Å²) in [6.45, 7) is 5.90. The molecule has 0 spiro atoms. The normalized spacial score (nSPS) is 23.3. The highest BCUT2D eigenvalue weighted by molar-refractivity contribution is 7.98. The molecular weight excluding hydrogens is 354 g/mol. The van der Waals surface area contributed by atoms with E-state index < -0.39 is 11.7 Å². The summed E-state index contributed by atoms with van der Waals surface area (Å²) in [6, 6.07) is 5.32. The molecule has 8 heteroatoms. The van der Waals surface area contributed by atoms with Crippen LogP contribution in [0.5, 0.6) is 0 Å². The van der Waals surface area contributed by atoms with Gasteiger partial charge in [-0.1, -0.05) is 11.8 Å². The van der Waals surface area contributed by atoms with Gasteiger partial charge in [0.15, 0.2) is 10.9 Å². The summed E-state index contributed by atoms with van der Waals surface area (Å²) in [7, 11) is 0. The zero-order valence-electron chi connectivity index (χ0n) is 15.1. The van der Waals surface area contributed by atoms with Crippen LogP contribution in [0.1, 0.15) is 41.0 Å². The van der Waals surface area contributed by atoms with Crippen LogP contribution in [-0.4, -0.2) is 55.8 Å². The first-order chi connectivity index (χ1) is 12.2. The highest BCUT2D eigenvalue weighted by Gasteiger charge is 2.38. The molecule has 2 N–H and O–H groups in total. The Morgan fingerprint density at radius 2 is 2.08 bits per heavy atom. The lowest BCUT2D eigenvalue weighted by Crippen LogP contribution is -2.55. The predicted octanol–water partition coefficient (Wildman–Crippen LogP) is 1.94. The maximum absolute atomic E-state index is 12.5. The molecule has 0 unspecified atom stereocenters. The fourth-order valence-corrected chi connectivity index (χ4v) is 3.67. The number of nitrogens with zero attached hydrogens (tertiary/aromatic N) is 3. The number of hydrogen-bond acceptors (Lipinski definition) is 7. The van der Waals surface area contributed by atoms with Crippen molar-refractivity contribution in [2.24, 2.45) is 0 Å². The van der Waals surface area contributed by atoms with E-state index in [-0.39, 0.29) is 18.2 Å². The lowest BCUT2D eigenvalue weighted by molar-refractivity contribution is -0.100. The number of aromatic nitrogens is 2. The standard InChI is InChI=1S/C18H23N3O4S/c1-11-8-12(2)20-17(19-11)26-10-13-4-5-14(25-13)16(23)21-7-6-18(3,24)15(22)9-21/h4-5,8,15,22,24H,6-7,9-10H2,1-3H3/t15-,18+/m0/s1. The number of aliphatic hydroxyl groups excluding tert-OH is 1. The van der Waals surface area contributed by atoms with Gasteiger partial charge in [0, 0.05) is 24.5 Å². The van der Waals surface area contributed by atoms with Gasteiger partial charge in [-0.3, -0.25) is 4.79 Å². The molecule has 1 aliphatic rings. The minimum absolute atomic E-state index is 0.0903. The van der Waals surface area contributed by atoms with Gasteiger partial charge >= 0.3 is 0 Å². The number of carbonyl (C=O) groups is 1. The summed E-state index contributed by atoms with van der Waals surface area (Å²) >= 11 is 1.45. The lowest BCUT2D eigenvalue weighted by atomic mass is 9.91. The van der Waals surface area contributed by atoms with Crippen molar-refractivity contribution in [2.45, 2.75) is 49.8 Å². The van der Waals surface area contributed by atoms with Crippen LogP contribution in [-0.2, 0) is 5.75 Å². The SMILES string of the molecule is Cc1cc(C)nc(SCc2ccc(C(=O)N3CC[C@@](C)(O)[C@@H](O)C3)o2)n1. The van der Waals surface area contributed by atoms with Crippen LogP contribution in [0.3, 0.4) is 0 Å². The molecule has 3 heterocycles. The molecule has 0 saturated carbocycles. The Labute approximate surface area is 156 Å². The molecule has 0 aliphatic carbocycles. The third-order valence-corrected chi connectivity index (χ3v) is 5.33. The minimum Gasteiger partial charge on any atom is -0.455 e. The Morgan fingerprint density at radius 3 is 2.73 bits per heavy atom. The number of β-amino-alcohol motifs (C(OH)–C–C–N with tert-alkyl or cyclic N) is 1. The van der Waals surface area contributed by atoms with Gasteiger partial charge in [0.2, 0.25) is 0 Å². The Kier molecular flexibility index (Phi) is 5.36. The quantitative estimate of drug-likeness (QED) is 0.620. The first kappa shape index (κ1) is 18.9. The summed E-state index contributed by atoms with van der Waals surface area (Å²) in [5.41, 5.74) is 0.665. The molecule has 1 fully saturated rings. The Balaban J connectivity index is 1.61. The van der Waals surface area contributed by atoms with Crippen LogP contribution in [0.4, 0.5) is 0 Å². The van der Waals surface area contributed by atoms with Crippen LogP contribution < -0.4 is 0 Å². The Morgan fingerprint density at radius 1 is 1.38 bits per heavy atom. The molecule has 1 aliphatic heterocycles. The van der Waals surface area contributed by atoms with Crippen molar-refractivity contribution in [1.29, 1.82) is 0 Å². The van der Waals surface area contributed by atoms with Crippen LogP contribution in [0.15, 0.2) is 27.8 Å². The second-order valence-corrected chi connectivity index (χ2v) is 7.80. The first-order valence-electron chi connectivity index (χ1n) is 8.48. The smallest absolute Gasteiger partial charge is 0.289 e. The van der Waals surface area contributed by atoms with Gasteiger partial charge in [-0.25, -0.2) is 9.97 Å². The Bertz CT molecular complexity index is 785. The fourth-order valence-electron chi connectivity index (χ4n) is 2.83.